The van der Waals surface area contributed by atoms with E-state index in [1.165, 1.54) is 0 Å². The summed E-state index contributed by atoms with van der Waals surface area (Å²) < 4.78 is 1.71. The van der Waals surface area contributed by atoms with Crippen molar-refractivity contribution in [3.63, 3.8) is 0 Å². The van der Waals surface area contributed by atoms with Crippen LogP contribution in [0.2, 0.25) is 0 Å². The lowest BCUT2D eigenvalue weighted by Gasteiger charge is -2.29. The van der Waals surface area contributed by atoms with Crippen molar-refractivity contribution in [2.75, 3.05) is 19.6 Å². The molecular formula is C14H24N4O. The Hall–Kier alpha value is -1.36. The van der Waals surface area contributed by atoms with Crippen LogP contribution in [0.1, 0.15) is 36.3 Å². The number of hydrogen-bond donors (Lipinski definition) is 2. The second-order valence-electron chi connectivity index (χ2n) is 5.46. The zero-order valence-electron chi connectivity index (χ0n) is 12.1. The summed E-state index contributed by atoms with van der Waals surface area (Å²) in [7, 11) is 1.85. The summed E-state index contributed by atoms with van der Waals surface area (Å²) >= 11 is 0. The van der Waals surface area contributed by atoms with Crippen LogP contribution < -0.4 is 10.6 Å². The minimum atomic E-state index is 0.00989. The summed E-state index contributed by atoms with van der Waals surface area (Å²) in [5, 5.41) is 10.8. The van der Waals surface area contributed by atoms with Gasteiger partial charge in [0.25, 0.3) is 5.91 Å². The number of nitrogens with zero attached hydrogens (tertiary/aromatic N) is 2. The molecule has 1 aromatic rings. The van der Waals surface area contributed by atoms with Crippen molar-refractivity contribution in [2.24, 2.45) is 18.9 Å². The molecule has 2 atom stereocenters. The van der Waals surface area contributed by atoms with E-state index in [0.717, 1.165) is 38.2 Å². The predicted octanol–water partition coefficient (Wildman–Crippen LogP) is 0.958. The topological polar surface area (TPSA) is 59.0 Å². The summed E-state index contributed by atoms with van der Waals surface area (Å²) in [5.41, 5.74) is 1.59. The quantitative estimate of drug-likeness (QED) is 0.851. The Kier molecular flexibility index (Phi) is 4.58. The first-order chi connectivity index (χ1) is 9.11. The average Bonchev–Trinajstić information content (AvgIpc) is 2.79. The highest BCUT2D eigenvalue weighted by Gasteiger charge is 2.22. The van der Waals surface area contributed by atoms with Crippen molar-refractivity contribution in [2.45, 2.75) is 26.7 Å². The summed E-state index contributed by atoms with van der Waals surface area (Å²) in [6, 6.07) is 0. The highest BCUT2D eigenvalue weighted by atomic mass is 16.1. The molecule has 0 aliphatic carbocycles. The van der Waals surface area contributed by atoms with E-state index in [4.69, 9.17) is 0 Å². The van der Waals surface area contributed by atoms with Crippen LogP contribution in [0.4, 0.5) is 0 Å². The zero-order chi connectivity index (χ0) is 13.8. The molecule has 5 heteroatoms. The van der Waals surface area contributed by atoms with Crippen molar-refractivity contribution in [1.82, 2.24) is 20.4 Å². The SMILES string of the molecule is CCc1nn(C)cc1C(=O)NCC1CCNCC1C. The predicted molar refractivity (Wildman–Crippen MR) is 75.1 cm³/mol. The van der Waals surface area contributed by atoms with Gasteiger partial charge in [0.2, 0.25) is 0 Å². The number of hydrogen-bond acceptors (Lipinski definition) is 3. The van der Waals surface area contributed by atoms with Crippen LogP contribution in [0.15, 0.2) is 6.20 Å². The second kappa shape index (κ2) is 6.19. The van der Waals surface area contributed by atoms with Crippen LogP contribution in [0.3, 0.4) is 0 Å². The van der Waals surface area contributed by atoms with Crippen LogP contribution in [-0.4, -0.2) is 35.3 Å². The molecule has 19 heavy (non-hydrogen) atoms. The van der Waals surface area contributed by atoms with Crippen LogP contribution >= 0.6 is 0 Å². The monoisotopic (exact) mass is 264 g/mol. The van der Waals surface area contributed by atoms with Crippen molar-refractivity contribution >= 4 is 5.91 Å². The second-order valence-corrected chi connectivity index (χ2v) is 5.46. The van der Waals surface area contributed by atoms with Gasteiger partial charge >= 0.3 is 0 Å². The highest BCUT2D eigenvalue weighted by Crippen LogP contribution is 2.17. The van der Waals surface area contributed by atoms with Crippen LogP contribution in [0.25, 0.3) is 0 Å². The molecule has 0 spiro atoms. The van der Waals surface area contributed by atoms with Gasteiger partial charge in [-0.3, -0.25) is 9.48 Å². The molecule has 2 heterocycles. The fourth-order valence-corrected chi connectivity index (χ4v) is 2.68. The largest absolute Gasteiger partial charge is 0.352 e. The van der Waals surface area contributed by atoms with E-state index >= 15 is 0 Å². The van der Waals surface area contributed by atoms with Gasteiger partial charge in [0.15, 0.2) is 0 Å². The molecule has 2 rings (SSSR count). The lowest BCUT2D eigenvalue weighted by atomic mass is 9.88. The summed E-state index contributed by atoms with van der Waals surface area (Å²) in [4.78, 5) is 12.2. The molecule has 2 unspecified atom stereocenters. The van der Waals surface area contributed by atoms with E-state index in [9.17, 15) is 4.79 Å². The molecule has 0 saturated carbocycles. The maximum Gasteiger partial charge on any atom is 0.254 e. The van der Waals surface area contributed by atoms with Gasteiger partial charge in [-0.1, -0.05) is 13.8 Å². The maximum absolute atomic E-state index is 12.2. The molecule has 106 valence electrons. The molecule has 0 aromatic carbocycles. The van der Waals surface area contributed by atoms with Gasteiger partial charge in [-0.15, -0.1) is 0 Å². The van der Waals surface area contributed by atoms with E-state index in [2.05, 4.69) is 22.7 Å². The summed E-state index contributed by atoms with van der Waals surface area (Å²) in [6.07, 6.45) is 3.72. The van der Waals surface area contributed by atoms with E-state index < -0.39 is 0 Å². The molecular weight excluding hydrogens is 240 g/mol. The third-order valence-corrected chi connectivity index (χ3v) is 3.97. The van der Waals surface area contributed by atoms with Crippen molar-refractivity contribution in [3.8, 4) is 0 Å². The highest BCUT2D eigenvalue weighted by molar-refractivity contribution is 5.95. The number of aryl methyl sites for hydroxylation is 2. The lowest BCUT2D eigenvalue weighted by molar-refractivity contribution is 0.0937. The minimum Gasteiger partial charge on any atom is -0.352 e. The van der Waals surface area contributed by atoms with Gasteiger partial charge in [-0.05, 0) is 37.8 Å². The third-order valence-electron chi connectivity index (χ3n) is 3.97. The fourth-order valence-electron chi connectivity index (χ4n) is 2.68. The first-order valence-electron chi connectivity index (χ1n) is 7.13. The molecule has 0 radical (unpaired) electrons. The third kappa shape index (κ3) is 3.35. The minimum absolute atomic E-state index is 0.00989. The van der Waals surface area contributed by atoms with Crippen LogP contribution in [0, 0.1) is 11.8 Å². The van der Waals surface area contributed by atoms with Gasteiger partial charge in [-0.2, -0.15) is 5.10 Å². The Balaban J connectivity index is 1.93. The van der Waals surface area contributed by atoms with Gasteiger partial charge in [0.05, 0.1) is 11.3 Å². The number of nitrogens with one attached hydrogen (secondary N) is 2. The van der Waals surface area contributed by atoms with Crippen molar-refractivity contribution in [3.05, 3.63) is 17.5 Å². The Morgan fingerprint density at radius 1 is 1.63 bits per heavy atom. The number of aromatic nitrogens is 2. The fraction of sp³-hybridized carbons (Fsp3) is 0.714. The lowest BCUT2D eigenvalue weighted by Crippen LogP contribution is -2.41. The molecule has 1 aliphatic heterocycles. The molecule has 1 amide bonds. The first kappa shape index (κ1) is 14.1. The normalized spacial score (nSPS) is 23.3. The number of rotatable bonds is 4. The number of carbonyl (C=O) groups is 1. The maximum atomic E-state index is 12.2. The number of amides is 1. The molecule has 1 aromatic heterocycles. The molecule has 1 saturated heterocycles. The van der Waals surface area contributed by atoms with E-state index in [1.807, 2.05) is 14.0 Å². The number of piperidine rings is 1. The Morgan fingerprint density at radius 3 is 3.11 bits per heavy atom. The van der Waals surface area contributed by atoms with Gasteiger partial charge in [0.1, 0.15) is 0 Å². The van der Waals surface area contributed by atoms with Crippen molar-refractivity contribution in [1.29, 1.82) is 0 Å². The number of carbonyl (C=O) groups excluding carboxylic acids is 1. The Labute approximate surface area is 114 Å². The van der Waals surface area contributed by atoms with E-state index in [-0.39, 0.29) is 5.91 Å². The Morgan fingerprint density at radius 2 is 2.42 bits per heavy atom. The average molecular weight is 264 g/mol. The Bertz CT molecular complexity index is 441. The molecule has 5 nitrogen and oxygen atoms in total. The molecule has 2 N–H and O–H groups in total. The van der Waals surface area contributed by atoms with Gasteiger partial charge < -0.3 is 10.6 Å². The smallest absolute Gasteiger partial charge is 0.254 e. The molecule has 1 aliphatic rings. The van der Waals surface area contributed by atoms with E-state index in [0.29, 0.717) is 17.4 Å². The van der Waals surface area contributed by atoms with Gasteiger partial charge in [0, 0.05) is 19.8 Å². The van der Waals surface area contributed by atoms with Crippen LogP contribution in [-0.2, 0) is 13.5 Å². The van der Waals surface area contributed by atoms with E-state index in [1.54, 1.807) is 10.9 Å². The summed E-state index contributed by atoms with van der Waals surface area (Å²) in [5.74, 6) is 1.20. The first-order valence-corrected chi connectivity index (χ1v) is 7.13. The molecule has 1 fully saturated rings. The zero-order valence-corrected chi connectivity index (χ0v) is 12.1. The van der Waals surface area contributed by atoms with Gasteiger partial charge in [-0.25, -0.2) is 0 Å². The standard InChI is InChI=1S/C14H24N4O/c1-4-13-12(9-18(3)17-13)14(19)16-8-11-5-6-15-7-10(11)2/h9-11,15H,4-8H2,1-3H3,(H,16,19). The summed E-state index contributed by atoms with van der Waals surface area (Å²) in [6.45, 7) is 7.13. The molecule has 0 bridgehead atoms. The van der Waals surface area contributed by atoms with Crippen molar-refractivity contribution < 1.29 is 4.79 Å². The van der Waals surface area contributed by atoms with Crippen LogP contribution in [0.5, 0.6) is 0 Å².